The van der Waals surface area contributed by atoms with Crippen LogP contribution < -0.4 is 0 Å². The molecule has 5 nitrogen and oxygen atoms in total. The predicted molar refractivity (Wildman–Crippen MR) is 88.4 cm³/mol. The Morgan fingerprint density at radius 2 is 2.10 bits per heavy atom. The molecule has 1 heterocycles. The first-order valence-electron chi connectivity index (χ1n) is 6.45. The van der Waals surface area contributed by atoms with Crippen molar-refractivity contribution >= 4 is 43.9 Å². The average molecular weight is 346 g/mol. The van der Waals surface area contributed by atoms with Crippen LogP contribution in [0.3, 0.4) is 0 Å². The van der Waals surface area contributed by atoms with Crippen LogP contribution in [-0.2, 0) is 27.2 Å². The van der Waals surface area contributed by atoms with E-state index in [9.17, 15) is 12.6 Å². The first-order chi connectivity index (χ1) is 9.71. The highest BCUT2D eigenvalue weighted by Crippen LogP contribution is 2.23. The van der Waals surface area contributed by atoms with Gasteiger partial charge in [-0.05, 0) is 30.8 Å². The molecule has 2 unspecified atom stereocenters. The van der Waals surface area contributed by atoms with E-state index in [0.29, 0.717) is 23.3 Å². The maximum Gasteiger partial charge on any atom is 0.178 e. The number of H-pyrrole nitrogens is 1. The smallest absolute Gasteiger partial charge is 0.178 e. The quantitative estimate of drug-likeness (QED) is 0.843. The van der Waals surface area contributed by atoms with Crippen LogP contribution in [0, 0.1) is 4.77 Å². The SMILES string of the molecule is CC(CCn1c(=S)[nH]c2c(S(C)(=O)=O)cccc21)S(C)=O. The van der Waals surface area contributed by atoms with Gasteiger partial charge in [-0.3, -0.25) is 4.21 Å². The zero-order chi connectivity index (χ0) is 15.8. The fourth-order valence-corrected chi connectivity index (χ4v) is 3.74. The van der Waals surface area contributed by atoms with Gasteiger partial charge in [0.05, 0.1) is 15.9 Å². The normalized spacial score (nSPS) is 15.2. The Balaban J connectivity index is 2.50. The van der Waals surface area contributed by atoms with E-state index in [1.807, 2.05) is 17.6 Å². The van der Waals surface area contributed by atoms with E-state index in [-0.39, 0.29) is 10.1 Å². The molecule has 8 heteroatoms. The molecule has 1 aromatic carbocycles. The number of nitrogens with one attached hydrogen (secondary N) is 1. The molecule has 0 aliphatic rings. The number of aromatic amines is 1. The molecule has 0 aliphatic carbocycles. The summed E-state index contributed by atoms with van der Waals surface area (Å²) in [6.07, 6.45) is 3.58. The summed E-state index contributed by atoms with van der Waals surface area (Å²) >= 11 is 5.29. The van der Waals surface area contributed by atoms with Gasteiger partial charge in [0.15, 0.2) is 14.6 Å². The van der Waals surface area contributed by atoms with E-state index in [0.717, 1.165) is 5.52 Å². The van der Waals surface area contributed by atoms with Crippen molar-refractivity contribution in [2.45, 2.75) is 30.0 Å². The molecule has 0 radical (unpaired) electrons. The van der Waals surface area contributed by atoms with Crippen molar-refractivity contribution in [1.29, 1.82) is 0 Å². The molecule has 0 saturated carbocycles. The standard InChI is InChI=1S/C13H18N2O3S3/c1-9(20(2)16)7-8-15-10-5-4-6-11(21(3,17)18)12(10)14-13(15)19/h4-6,9H,7-8H2,1-3H3,(H,14,19). The van der Waals surface area contributed by atoms with Crippen LogP contribution in [0.25, 0.3) is 11.0 Å². The highest BCUT2D eigenvalue weighted by Gasteiger charge is 2.16. The van der Waals surface area contributed by atoms with E-state index in [2.05, 4.69) is 4.98 Å². The summed E-state index contributed by atoms with van der Waals surface area (Å²) in [5, 5.41) is 0.0648. The highest BCUT2D eigenvalue weighted by atomic mass is 32.2. The van der Waals surface area contributed by atoms with Gasteiger partial charge in [-0.25, -0.2) is 8.42 Å². The molecular weight excluding hydrogens is 328 g/mol. The molecule has 2 atom stereocenters. The largest absolute Gasteiger partial charge is 0.329 e. The van der Waals surface area contributed by atoms with Crippen LogP contribution in [0.2, 0.25) is 0 Å². The topological polar surface area (TPSA) is 71.9 Å². The molecule has 0 amide bonds. The molecule has 0 saturated heterocycles. The van der Waals surface area contributed by atoms with Crippen LogP contribution in [0.1, 0.15) is 13.3 Å². The second-order valence-corrected chi connectivity index (χ2v) is 9.27. The van der Waals surface area contributed by atoms with Gasteiger partial charge in [0.2, 0.25) is 0 Å². The Bertz CT molecular complexity index is 849. The number of nitrogens with zero attached hydrogens (tertiary/aromatic N) is 1. The lowest BCUT2D eigenvalue weighted by atomic mass is 10.3. The molecule has 0 fully saturated rings. The van der Waals surface area contributed by atoms with Crippen molar-refractivity contribution in [2.75, 3.05) is 12.5 Å². The Labute approximate surface area is 131 Å². The summed E-state index contributed by atoms with van der Waals surface area (Å²) in [5.41, 5.74) is 1.30. The van der Waals surface area contributed by atoms with E-state index in [1.54, 1.807) is 18.4 Å². The Morgan fingerprint density at radius 1 is 1.43 bits per heavy atom. The minimum Gasteiger partial charge on any atom is -0.329 e. The van der Waals surface area contributed by atoms with Gasteiger partial charge in [-0.1, -0.05) is 13.0 Å². The first-order valence-corrected chi connectivity index (χ1v) is 10.4. The van der Waals surface area contributed by atoms with Crippen LogP contribution in [0.5, 0.6) is 0 Å². The van der Waals surface area contributed by atoms with E-state index in [1.165, 1.54) is 6.26 Å². The summed E-state index contributed by atoms with van der Waals surface area (Å²) in [4.78, 5) is 3.23. The fourth-order valence-electron chi connectivity index (χ4n) is 2.16. The summed E-state index contributed by atoms with van der Waals surface area (Å²) < 4.78 is 37.4. The van der Waals surface area contributed by atoms with Crippen LogP contribution in [0.15, 0.2) is 23.1 Å². The summed E-state index contributed by atoms with van der Waals surface area (Å²) in [6, 6.07) is 5.11. The van der Waals surface area contributed by atoms with Gasteiger partial charge in [0.1, 0.15) is 0 Å². The molecular formula is C13H18N2O3S3. The van der Waals surface area contributed by atoms with Gasteiger partial charge in [-0.2, -0.15) is 0 Å². The van der Waals surface area contributed by atoms with Crippen molar-refractivity contribution in [3.05, 3.63) is 23.0 Å². The number of aromatic nitrogens is 2. The van der Waals surface area contributed by atoms with Crippen LogP contribution in [-0.4, -0.2) is 39.9 Å². The van der Waals surface area contributed by atoms with E-state index in [4.69, 9.17) is 12.2 Å². The van der Waals surface area contributed by atoms with Crippen LogP contribution >= 0.6 is 12.2 Å². The fraction of sp³-hybridized carbons (Fsp3) is 0.462. The Kier molecular flexibility index (Phi) is 4.69. The van der Waals surface area contributed by atoms with Crippen molar-refractivity contribution in [3.63, 3.8) is 0 Å². The number of fused-ring (bicyclic) bond motifs is 1. The number of aryl methyl sites for hydroxylation is 1. The zero-order valence-electron chi connectivity index (χ0n) is 12.1. The van der Waals surface area contributed by atoms with Gasteiger partial charge in [-0.15, -0.1) is 0 Å². The van der Waals surface area contributed by atoms with Crippen molar-refractivity contribution in [1.82, 2.24) is 9.55 Å². The highest BCUT2D eigenvalue weighted by molar-refractivity contribution is 7.91. The second kappa shape index (κ2) is 6.02. The minimum absolute atomic E-state index is 0.0648. The number of hydrogen-bond donors (Lipinski definition) is 1. The minimum atomic E-state index is -3.32. The number of rotatable bonds is 5. The number of para-hydroxylation sites is 1. The molecule has 116 valence electrons. The maximum absolute atomic E-state index is 11.8. The first kappa shape index (κ1) is 16.4. The molecule has 0 aliphatic heterocycles. The van der Waals surface area contributed by atoms with Gasteiger partial charge < -0.3 is 9.55 Å². The summed E-state index contributed by atoms with van der Waals surface area (Å²) in [5.74, 6) is 0. The lowest BCUT2D eigenvalue weighted by Crippen LogP contribution is -2.12. The van der Waals surface area contributed by atoms with Gasteiger partial charge in [0, 0.05) is 35.1 Å². The Morgan fingerprint density at radius 3 is 2.67 bits per heavy atom. The molecule has 2 rings (SSSR count). The number of imidazole rings is 1. The van der Waals surface area contributed by atoms with Crippen molar-refractivity contribution in [3.8, 4) is 0 Å². The molecule has 0 bridgehead atoms. The third-order valence-corrected chi connectivity index (χ3v) is 6.33. The van der Waals surface area contributed by atoms with Gasteiger partial charge >= 0.3 is 0 Å². The van der Waals surface area contributed by atoms with E-state index < -0.39 is 20.6 Å². The van der Waals surface area contributed by atoms with E-state index >= 15 is 0 Å². The third kappa shape index (κ3) is 3.44. The molecule has 1 aromatic heterocycles. The maximum atomic E-state index is 11.8. The monoisotopic (exact) mass is 346 g/mol. The number of hydrogen-bond acceptors (Lipinski definition) is 4. The molecule has 1 N–H and O–H groups in total. The second-order valence-electron chi connectivity index (χ2n) is 5.10. The Hall–Kier alpha value is -0.990. The molecule has 2 aromatic rings. The summed E-state index contributed by atoms with van der Waals surface area (Å²) in [6.45, 7) is 2.53. The summed E-state index contributed by atoms with van der Waals surface area (Å²) in [7, 11) is -4.20. The molecule has 21 heavy (non-hydrogen) atoms. The zero-order valence-corrected chi connectivity index (χ0v) is 14.6. The number of sulfone groups is 1. The average Bonchev–Trinajstić information content (AvgIpc) is 2.69. The molecule has 0 spiro atoms. The lowest BCUT2D eigenvalue weighted by Gasteiger charge is -2.09. The lowest BCUT2D eigenvalue weighted by molar-refractivity contribution is 0.602. The van der Waals surface area contributed by atoms with Gasteiger partial charge in [0.25, 0.3) is 0 Å². The van der Waals surface area contributed by atoms with Crippen molar-refractivity contribution in [2.24, 2.45) is 0 Å². The van der Waals surface area contributed by atoms with Crippen LogP contribution in [0.4, 0.5) is 0 Å². The predicted octanol–water partition coefficient (Wildman–Crippen LogP) is 2.26. The van der Waals surface area contributed by atoms with Crippen molar-refractivity contribution < 1.29 is 12.6 Å². The third-order valence-electron chi connectivity index (χ3n) is 3.50. The number of benzene rings is 1.